The Balaban J connectivity index is 1.54. The molecule has 0 radical (unpaired) electrons. The van der Waals surface area contributed by atoms with Crippen LogP contribution in [0, 0.1) is 5.92 Å². The third-order valence-corrected chi connectivity index (χ3v) is 4.99. The van der Waals surface area contributed by atoms with E-state index in [2.05, 4.69) is 6.92 Å². The zero-order chi connectivity index (χ0) is 18.2. The molecule has 3 unspecified atom stereocenters. The van der Waals surface area contributed by atoms with Gasteiger partial charge >= 0.3 is 5.97 Å². The topological polar surface area (TPSA) is 72.9 Å². The van der Waals surface area contributed by atoms with E-state index in [0.717, 1.165) is 10.5 Å². The van der Waals surface area contributed by atoms with Crippen LogP contribution in [-0.2, 0) is 30.3 Å². The van der Waals surface area contributed by atoms with Gasteiger partial charge in [-0.15, -0.1) is 0 Å². The van der Waals surface area contributed by atoms with Crippen molar-refractivity contribution in [2.75, 3.05) is 11.5 Å². The molecule has 2 aliphatic heterocycles. The van der Waals surface area contributed by atoms with Gasteiger partial charge in [0.15, 0.2) is 0 Å². The van der Waals surface area contributed by atoms with Gasteiger partial charge in [-0.1, -0.05) is 19.1 Å². The van der Waals surface area contributed by atoms with E-state index in [4.69, 9.17) is 9.47 Å². The number of esters is 1. The van der Waals surface area contributed by atoms with Gasteiger partial charge < -0.3 is 9.47 Å². The van der Waals surface area contributed by atoms with Crippen LogP contribution in [0.15, 0.2) is 36.4 Å². The Morgan fingerprint density at radius 1 is 1.16 bits per heavy atom. The van der Waals surface area contributed by atoms with E-state index in [1.54, 1.807) is 24.3 Å². The summed E-state index contributed by atoms with van der Waals surface area (Å²) in [6.45, 7) is 6.26. The van der Waals surface area contributed by atoms with Gasteiger partial charge in [0.2, 0.25) is 0 Å². The van der Waals surface area contributed by atoms with E-state index in [9.17, 15) is 14.4 Å². The third kappa shape index (κ3) is 3.35. The molecule has 3 atom stereocenters. The molecule has 0 N–H and O–H groups in total. The number of imide groups is 1. The third-order valence-electron chi connectivity index (χ3n) is 4.99. The number of hydrogen-bond donors (Lipinski definition) is 0. The van der Waals surface area contributed by atoms with Crippen molar-refractivity contribution in [1.29, 1.82) is 0 Å². The lowest BCUT2D eigenvalue weighted by Crippen LogP contribution is -2.58. The maximum absolute atomic E-state index is 12.0. The van der Waals surface area contributed by atoms with Crippen molar-refractivity contribution < 1.29 is 23.9 Å². The molecule has 3 rings (SSSR count). The quantitative estimate of drug-likeness (QED) is 0.604. The Bertz CT molecular complexity index is 721. The predicted octanol–water partition coefficient (Wildman–Crippen LogP) is 2.02. The molecule has 1 saturated heterocycles. The lowest BCUT2D eigenvalue weighted by atomic mass is 9.81. The molecule has 2 aliphatic rings. The molecule has 132 valence electrons. The molecule has 0 saturated carbocycles. The Kier molecular flexibility index (Phi) is 4.47. The number of carbonyl (C=O) groups is 3. The largest absolute Gasteiger partial charge is 0.462 e. The second kappa shape index (κ2) is 6.44. The maximum Gasteiger partial charge on any atom is 0.310 e. The Labute approximate surface area is 146 Å². The second-order valence-corrected chi connectivity index (χ2v) is 6.77. The molecule has 0 aliphatic carbocycles. The average Bonchev–Trinajstić information content (AvgIpc) is 2.92. The van der Waals surface area contributed by atoms with Gasteiger partial charge in [-0.2, -0.15) is 0 Å². The minimum Gasteiger partial charge on any atom is -0.462 e. The molecule has 0 spiro atoms. The number of benzene rings is 1. The number of rotatable bonds is 5. The number of ether oxygens (including phenoxy) is 2. The Morgan fingerprint density at radius 2 is 1.76 bits per heavy atom. The van der Waals surface area contributed by atoms with Crippen molar-refractivity contribution >= 4 is 23.5 Å². The first kappa shape index (κ1) is 17.4. The van der Waals surface area contributed by atoms with E-state index in [1.807, 2.05) is 13.8 Å². The van der Waals surface area contributed by atoms with Crippen LogP contribution in [0.1, 0.15) is 26.3 Å². The van der Waals surface area contributed by atoms with Crippen molar-refractivity contribution in [3.63, 3.8) is 0 Å². The maximum atomic E-state index is 12.0. The number of anilines is 1. The zero-order valence-electron chi connectivity index (χ0n) is 14.5. The lowest BCUT2D eigenvalue weighted by Gasteiger charge is -2.49. The van der Waals surface area contributed by atoms with Crippen molar-refractivity contribution in [1.82, 2.24) is 0 Å². The summed E-state index contributed by atoms with van der Waals surface area (Å²) in [6, 6.07) is 6.71. The van der Waals surface area contributed by atoms with Crippen LogP contribution < -0.4 is 4.90 Å². The zero-order valence-corrected chi connectivity index (χ0v) is 14.5. The van der Waals surface area contributed by atoms with Gasteiger partial charge in [0.05, 0.1) is 18.2 Å². The minimum absolute atomic E-state index is 0.125. The number of nitrogens with zero attached hydrogens (tertiary/aromatic N) is 1. The average molecular weight is 343 g/mol. The van der Waals surface area contributed by atoms with Crippen LogP contribution in [0.4, 0.5) is 5.69 Å². The van der Waals surface area contributed by atoms with E-state index in [0.29, 0.717) is 11.6 Å². The monoisotopic (exact) mass is 343 g/mol. The highest BCUT2D eigenvalue weighted by Gasteiger charge is 2.47. The van der Waals surface area contributed by atoms with Crippen molar-refractivity contribution in [2.24, 2.45) is 5.92 Å². The summed E-state index contributed by atoms with van der Waals surface area (Å²) in [6.07, 6.45) is 2.78. The van der Waals surface area contributed by atoms with Crippen LogP contribution in [0.2, 0.25) is 0 Å². The van der Waals surface area contributed by atoms with Crippen LogP contribution in [0.25, 0.3) is 0 Å². The summed E-state index contributed by atoms with van der Waals surface area (Å²) in [5.41, 5.74) is 0.819. The SMILES string of the molecule is CC1OC(C)(COC(=O)Cc2ccc(N3C(=O)C=CC3=O)cc2)C1C. The van der Waals surface area contributed by atoms with Crippen LogP contribution in [0.5, 0.6) is 0 Å². The Hall–Kier alpha value is -2.47. The summed E-state index contributed by atoms with van der Waals surface area (Å²) in [5, 5.41) is 0. The molecular weight excluding hydrogens is 322 g/mol. The highest BCUT2D eigenvalue weighted by atomic mass is 16.6. The fourth-order valence-corrected chi connectivity index (χ4v) is 3.08. The standard InChI is InChI=1S/C19H21NO5/c1-12-13(2)25-19(12,3)11-24-18(23)10-14-4-6-15(7-5-14)20-16(21)8-9-17(20)22/h4-9,12-13H,10-11H2,1-3H3. The number of amides is 2. The van der Waals surface area contributed by atoms with Crippen molar-refractivity contribution in [2.45, 2.75) is 38.9 Å². The molecular formula is C19H21NO5. The molecule has 25 heavy (non-hydrogen) atoms. The van der Waals surface area contributed by atoms with Crippen molar-refractivity contribution in [3.8, 4) is 0 Å². The smallest absolute Gasteiger partial charge is 0.310 e. The molecule has 1 aromatic rings. The van der Waals surface area contributed by atoms with Gasteiger partial charge in [-0.25, -0.2) is 4.90 Å². The molecule has 1 aromatic carbocycles. The molecule has 0 bridgehead atoms. The van der Waals surface area contributed by atoms with Gasteiger partial charge in [-0.05, 0) is 31.5 Å². The van der Waals surface area contributed by atoms with E-state index in [1.165, 1.54) is 12.2 Å². The van der Waals surface area contributed by atoms with Crippen LogP contribution >= 0.6 is 0 Å². The second-order valence-electron chi connectivity index (χ2n) is 6.77. The fourth-order valence-electron chi connectivity index (χ4n) is 3.08. The first-order valence-electron chi connectivity index (χ1n) is 8.29. The number of hydrogen-bond acceptors (Lipinski definition) is 5. The first-order chi connectivity index (χ1) is 11.8. The van der Waals surface area contributed by atoms with Gasteiger partial charge in [0, 0.05) is 18.1 Å². The van der Waals surface area contributed by atoms with Crippen LogP contribution in [0.3, 0.4) is 0 Å². The van der Waals surface area contributed by atoms with Gasteiger partial charge in [0.1, 0.15) is 12.2 Å². The Morgan fingerprint density at radius 3 is 2.28 bits per heavy atom. The summed E-state index contributed by atoms with van der Waals surface area (Å²) >= 11 is 0. The van der Waals surface area contributed by atoms with Gasteiger partial charge in [-0.3, -0.25) is 14.4 Å². The van der Waals surface area contributed by atoms with E-state index in [-0.39, 0.29) is 36.9 Å². The highest BCUT2D eigenvalue weighted by Crippen LogP contribution is 2.38. The summed E-state index contributed by atoms with van der Waals surface area (Å²) in [5.74, 6) is -0.730. The summed E-state index contributed by atoms with van der Waals surface area (Å²) < 4.78 is 11.0. The highest BCUT2D eigenvalue weighted by molar-refractivity contribution is 6.28. The minimum atomic E-state index is -0.414. The van der Waals surface area contributed by atoms with Crippen molar-refractivity contribution in [3.05, 3.63) is 42.0 Å². The summed E-state index contributed by atoms with van der Waals surface area (Å²) in [7, 11) is 0. The molecule has 2 amide bonds. The molecule has 6 nitrogen and oxygen atoms in total. The summed E-state index contributed by atoms with van der Waals surface area (Å²) in [4.78, 5) is 36.4. The fraction of sp³-hybridized carbons (Fsp3) is 0.421. The van der Waals surface area contributed by atoms with E-state index >= 15 is 0 Å². The van der Waals surface area contributed by atoms with Gasteiger partial charge in [0.25, 0.3) is 11.8 Å². The predicted molar refractivity (Wildman–Crippen MR) is 90.9 cm³/mol. The first-order valence-corrected chi connectivity index (χ1v) is 8.29. The lowest BCUT2D eigenvalue weighted by molar-refractivity contribution is -0.255. The van der Waals surface area contributed by atoms with Crippen LogP contribution in [-0.4, -0.2) is 36.1 Å². The van der Waals surface area contributed by atoms with E-state index < -0.39 is 5.60 Å². The molecule has 0 aromatic heterocycles. The normalized spacial score (nSPS) is 28.2. The molecule has 1 fully saturated rings. The molecule has 2 heterocycles. The number of carbonyl (C=O) groups excluding carboxylic acids is 3. The molecule has 6 heteroatoms.